The number of carbonyl (C=O) groups is 1. The molecule has 3 rings (SSSR count). The van der Waals surface area contributed by atoms with Crippen LogP contribution in [0.1, 0.15) is 35.8 Å². The molecular formula is C18H17N3OS. The number of pyridine rings is 1. The molecule has 0 saturated heterocycles. The van der Waals surface area contributed by atoms with Crippen LogP contribution in [0.2, 0.25) is 0 Å². The molecule has 0 radical (unpaired) electrons. The van der Waals surface area contributed by atoms with Gasteiger partial charge in [-0.25, -0.2) is 4.98 Å². The van der Waals surface area contributed by atoms with Gasteiger partial charge in [0.15, 0.2) is 5.13 Å². The fraction of sp³-hybridized carbons (Fsp3) is 0.167. The molecule has 1 aromatic carbocycles. The Kier molecular flexibility index (Phi) is 4.48. The minimum absolute atomic E-state index is 0.248. The number of carbonyl (C=O) groups excluding carboxylic acids is 1. The van der Waals surface area contributed by atoms with Crippen LogP contribution in [0.15, 0.2) is 54.0 Å². The van der Waals surface area contributed by atoms with E-state index in [1.54, 1.807) is 24.4 Å². The van der Waals surface area contributed by atoms with Crippen LogP contribution in [0.4, 0.5) is 5.13 Å². The Balaban J connectivity index is 1.74. The molecule has 2 aromatic heterocycles. The Morgan fingerprint density at radius 3 is 2.57 bits per heavy atom. The lowest BCUT2D eigenvalue weighted by Gasteiger charge is -2.05. The highest BCUT2D eigenvalue weighted by atomic mass is 32.1. The summed E-state index contributed by atoms with van der Waals surface area (Å²) < 4.78 is 0. The standard InChI is InChI=1S/C18H17N3OS/c1-12(2)13-6-8-14(9-7-13)16-11-23-18(20-16)21-17(22)15-5-3-4-10-19-15/h3-12H,1-2H3,(H,20,21,22). The minimum atomic E-state index is -0.248. The number of nitrogens with zero attached hydrogens (tertiary/aromatic N) is 2. The van der Waals surface area contributed by atoms with Crippen molar-refractivity contribution in [1.82, 2.24) is 9.97 Å². The first-order valence-corrected chi connectivity index (χ1v) is 8.29. The number of aromatic nitrogens is 2. The number of benzene rings is 1. The zero-order chi connectivity index (χ0) is 16.2. The second-order valence-electron chi connectivity index (χ2n) is 5.48. The van der Waals surface area contributed by atoms with Crippen LogP contribution >= 0.6 is 11.3 Å². The van der Waals surface area contributed by atoms with Gasteiger partial charge >= 0.3 is 0 Å². The van der Waals surface area contributed by atoms with Gasteiger partial charge in [0.2, 0.25) is 0 Å². The van der Waals surface area contributed by atoms with Crippen molar-refractivity contribution in [2.24, 2.45) is 0 Å². The van der Waals surface area contributed by atoms with Gasteiger partial charge in [-0.1, -0.05) is 44.2 Å². The topological polar surface area (TPSA) is 54.9 Å². The highest BCUT2D eigenvalue weighted by Crippen LogP contribution is 2.26. The highest BCUT2D eigenvalue weighted by molar-refractivity contribution is 7.14. The molecule has 1 N–H and O–H groups in total. The van der Waals surface area contributed by atoms with Gasteiger partial charge in [0, 0.05) is 17.1 Å². The van der Waals surface area contributed by atoms with Gasteiger partial charge in [-0.2, -0.15) is 0 Å². The molecule has 3 aromatic rings. The molecule has 0 aliphatic heterocycles. The Labute approximate surface area is 139 Å². The first-order chi connectivity index (χ1) is 11.1. The molecule has 0 unspecified atom stereocenters. The van der Waals surface area contributed by atoms with E-state index >= 15 is 0 Å². The number of hydrogen-bond acceptors (Lipinski definition) is 4. The van der Waals surface area contributed by atoms with Crippen molar-refractivity contribution in [2.45, 2.75) is 19.8 Å². The molecule has 0 fully saturated rings. The van der Waals surface area contributed by atoms with E-state index in [1.807, 2.05) is 5.38 Å². The zero-order valence-electron chi connectivity index (χ0n) is 13.0. The lowest BCUT2D eigenvalue weighted by molar-refractivity contribution is 0.102. The normalized spacial score (nSPS) is 10.7. The molecule has 0 aliphatic carbocycles. The average Bonchev–Trinajstić information content (AvgIpc) is 3.04. The van der Waals surface area contributed by atoms with Gasteiger partial charge in [-0.15, -0.1) is 11.3 Å². The van der Waals surface area contributed by atoms with Crippen LogP contribution in [0.5, 0.6) is 0 Å². The molecule has 0 atom stereocenters. The minimum Gasteiger partial charge on any atom is -0.296 e. The third-order valence-corrected chi connectivity index (χ3v) is 4.25. The summed E-state index contributed by atoms with van der Waals surface area (Å²) in [5.74, 6) is 0.259. The highest BCUT2D eigenvalue weighted by Gasteiger charge is 2.10. The maximum Gasteiger partial charge on any atom is 0.276 e. The van der Waals surface area contributed by atoms with E-state index in [9.17, 15) is 4.79 Å². The number of rotatable bonds is 4. The van der Waals surface area contributed by atoms with Crippen molar-refractivity contribution in [3.05, 3.63) is 65.3 Å². The van der Waals surface area contributed by atoms with Crippen molar-refractivity contribution in [2.75, 3.05) is 5.32 Å². The van der Waals surface area contributed by atoms with Crippen molar-refractivity contribution < 1.29 is 4.79 Å². The SMILES string of the molecule is CC(C)c1ccc(-c2csc(NC(=O)c3ccccn3)n2)cc1. The number of thiazole rings is 1. The number of nitrogens with one attached hydrogen (secondary N) is 1. The monoisotopic (exact) mass is 323 g/mol. The van der Waals surface area contributed by atoms with Crippen LogP contribution in [0.25, 0.3) is 11.3 Å². The van der Waals surface area contributed by atoms with Crippen LogP contribution in [-0.2, 0) is 0 Å². The second kappa shape index (κ2) is 6.71. The first kappa shape index (κ1) is 15.4. The van der Waals surface area contributed by atoms with Gasteiger partial charge in [-0.3, -0.25) is 15.1 Å². The van der Waals surface area contributed by atoms with Crippen molar-refractivity contribution in [3.63, 3.8) is 0 Å². The fourth-order valence-electron chi connectivity index (χ4n) is 2.16. The molecule has 2 heterocycles. The Morgan fingerprint density at radius 2 is 1.91 bits per heavy atom. The van der Waals surface area contributed by atoms with Crippen LogP contribution in [-0.4, -0.2) is 15.9 Å². The summed E-state index contributed by atoms with van der Waals surface area (Å²) in [6, 6.07) is 13.6. The lowest BCUT2D eigenvalue weighted by Crippen LogP contribution is -2.13. The molecule has 0 aliphatic rings. The Morgan fingerprint density at radius 1 is 1.13 bits per heavy atom. The summed E-state index contributed by atoms with van der Waals surface area (Å²) in [7, 11) is 0. The molecule has 1 amide bonds. The summed E-state index contributed by atoms with van der Waals surface area (Å²) in [4.78, 5) is 20.6. The van der Waals surface area contributed by atoms with Crippen LogP contribution in [0.3, 0.4) is 0 Å². The number of anilines is 1. The summed E-state index contributed by atoms with van der Waals surface area (Å²) >= 11 is 1.41. The van der Waals surface area contributed by atoms with E-state index in [-0.39, 0.29) is 5.91 Å². The van der Waals surface area contributed by atoms with Crippen LogP contribution < -0.4 is 5.32 Å². The Bertz CT molecular complexity index is 795. The average molecular weight is 323 g/mol. The molecular weight excluding hydrogens is 306 g/mol. The molecule has 4 nitrogen and oxygen atoms in total. The third-order valence-electron chi connectivity index (χ3n) is 3.50. The quantitative estimate of drug-likeness (QED) is 0.764. The predicted molar refractivity (Wildman–Crippen MR) is 93.8 cm³/mol. The Hall–Kier alpha value is -2.53. The van der Waals surface area contributed by atoms with Gasteiger partial charge in [0.25, 0.3) is 5.91 Å². The third kappa shape index (κ3) is 3.63. The summed E-state index contributed by atoms with van der Waals surface area (Å²) in [5, 5.41) is 5.30. The van der Waals surface area contributed by atoms with E-state index in [1.165, 1.54) is 16.9 Å². The van der Waals surface area contributed by atoms with Gasteiger partial charge in [-0.05, 0) is 23.6 Å². The van der Waals surface area contributed by atoms with E-state index in [0.717, 1.165) is 11.3 Å². The van der Waals surface area contributed by atoms with Crippen LogP contribution in [0, 0.1) is 0 Å². The number of amides is 1. The molecule has 116 valence electrons. The summed E-state index contributed by atoms with van der Waals surface area (Å²) in [5.41, 5.74) is 3.59. The van der Waals surface area contributed by atoms with E-state index in [4.69, 9.17) is 0 Å². The summed E-state index contributed by atoms with van der Waals surface area (Å²) in [6.45, 7) is 4.34. The maximum absolute atomic E-state index is 12.1. The van der Waals surface area contributed by atoms with E-state index < -0.39 is 0 Å². The summed E-state index contributed by atoms with van der Waals surface area (Å²) in [6.07, 6.45) is 1.60. The second-order valence-corrected chi connectivity index (χ2v) is 6.34. The smallest absolute Gasteiger partial charge is 0.276 e. The molecule has 23 heavy (non-hydrogen) atoms. The van der Waals surface area contributed by atoms with Gasteiger partial charge in [0.05, 0.1) is 5.69 Å². The lowest BCUT2D eigenvalue weighted by atomic mass is 10.0. The maximum atomic E-state index is 12.1. The van der Waals surface area contributed by atoms with E-state index in [0.29, 0.717) is 16.7 Å². The van der Waals surface area contributed by atoms with Gasteiger partial charge in [0.1, 0.15) is 5.69 Å². The molecule has 0 spiro atoms. The van der Waals surface area contributed by atoms with E-state index in [2.05, 4.69) is 53.4 Å². The largest absolute Gasteiger partial charge is 0.296 e. The predicted octanol–water partition coefficient (Wildman–Crippen LogP) is 4.58. The first-order valence-electron chi connectivity index (χ1n) is 7.42. The van der Waals surface area contributed by atoms with Crippen molar-refractivity contribution in [1.29, 1.82) is 0 Å². The number of hydrogen-bond donors (Lipinski definition) is 1. The van der Waals surface area contributed by atoms with Crippen molar-refractivity contribution >= 4 is 22.4 Å². The molecule has 0 bridgehead atoms. The van der Waals surface area contributed by atoms with Crippen molar-refractivity contribution in [3.8, 4) is 11.3 Å². The molecule has 0 saturated carbocycles. The fourth-order valence-corrected chi connectivity index (χ4v) is 2.88. The van der Waals surface area contributed by atoms with Gasteiger partial charge < -0.3 is 0 Å². The molecule has 5 heteroatoms. The zero-order valence-corrected chi connectivity index (χ0v) is 13.8.